The third-order valence-electron chi connectivity index (χ3n) is 7.70. The van der Waals surface area contributed by atoms with E-state index in [0.717, 1.165) is 22.3 Å². The Morgan fingerprint density at radius 3 is 1.33 bits per heavy atom. The summed E-state index contributed by atoms with van der Waals surface area (Å²) in [6.45, 7) is 0.278. The first-order chi connectivity index (χ1) is 20.4. The molecule has 7 nitrogen and oxygen atoms in total. The van der Waals surface area contributed by atoms with Crippen molar-refractivity contribution in [3.63, 3.8) is 0 Å². The minimum Gasteiger partial charge on any atom is -0.399 e. The smallest absolute Gasteiger partial charge is 0.110 e. The maximum atomic E-state index is 14.7. The van der Waals surface area contributed by atoms with E-state index in [-0.39, 0.29) is 13.2 Å². The van der Waals surface area contributed by atoms with Gasteiger partial charge in [0.25, 0.3) is 0 Å². The molecule has 0 amide bonds. The molecule has 42 heavy (non-hydrogen) atoms. The lowest BCUT2D eigenvalue weighted by Gasteiger charge is -2.31. The quantitative estimate of drug-likeness (QED) is 0.207. The molecular formula is C34H38N2O5S. The van der Waals surface area contributed by atoms with E-state index in [4.69, 9.17) is 20.9 Å². The average molecular weight is 587 g/mol. The van der Waals surface area contributed by atoms with Gasteiger partial charge in [-0.15, -0.1) is 0 Å². The Morgan fingerprint density at radius 1 is 0.571 bits per heavy atom. The van der Waals surface area contributed by atoms with E-state index in [1.807, 2.05) is 84.9 Å². The summed E-state index contributed by atoms with van der Waals surface area (Å²) in [6, 6.07) is 34.1. The van der Waals surface area contributed by atoms with Gasteiger partial charge in [-0.2, -0.15) is 0 Å². The second kappa shape index (κ2) is 14.1. The average Bonchev–Trinajstić information content (AvgIpc) is 3.06. The van der Waals surface area contributed by atoms with Crippen LogP contribution in [0.2, 0.25) is 0 Å². The van der Waals surface area contributed by atoms with Crippen LogP contribution in [0.3, 0.4) is 0 Å². The molecule has 6 N–H and O–H groups in total. The fraction of sp³-hybridized carbons (Fsp3) is 0.294. The molecule has 1 aliphatic rings. The maximum absolute atomic E-state index is 14.7. The van der Waals surface area contributed by atoms with Gasteiger partial charge in [-0.25, -0.2) is 0 Å². The van der Waals surface area contributed by atoms with Gasteiger partial charge in [0.05, 0.1) is 23.7 Å². The van der Waals surface area contributed by atoms with Gasteiger partial charge in [0.2, 0.25) is 0 Å². The Morgan fingerprint density at radius 2 is 0.952 bits per heavy atom. The van der Waals surface area contributed by atoms with Gasteiger partial charge in [0.1, 0.15) is 24.4 Å². The van der Waals surface area contributed by atoms with Crippen LogP contribution in [0.15, 0.2) is 109 Å². The summed E-state index contributed by atoms with van der Waals surface area (Å²) in [4.78, 5) is 0. The predicted molar refractivity (Wildman–Crippen MR) is 167 cm³/mol. The monoisotopic (exact) mass is 586 g/mol. The summed E-state index contributed by atoms with van der Waals surface area (Å²) >= 11 is 0. The van der Waals surface area contributed by atoms with Crippen LogP contribution in [-0.2, 0) is 46.3 Å². The SMILES string of the molecule is Nc1cccc(CO[C@@H]2[C@H](O)[C@@H](O)[C@@H](OCc3cccc(N)c3)[C@@H](Cc3ccccc3)S(=O)[C@@H]2Cc2ccccc2)c1. The third-order valence-corrected chi connectivity index (χ3v) is 9.76. The highest BCUT2D eigenvalue weighted by atomic mass is 32.2. The lowest BCUT2D eigenvalue weighted by atomic mass is 9.94. The molecule has 0 spiro atoms. The van der Waals surface area contributed by atoms with Crippen LogP contribution in [0.4, 0.5) is 11.4 Å². The molecule has 5 rings (SSSR count). The maximum Gasteiger partial charge on any atom is 0.110 e. The molecule has 1 saturated heterocycles. The van der Waals surface area contributed by atoms with Crippen molar-refractivity contribution in [2.24, 2.45) is 0 Å². The van der Waals surface area contributed by atoms with E-state index in [2.05, 4.69) is 0 Å². The Hall–Kier alpha value is -3.53. The first kappa shape index (κ1) is 29.9. The van der Waals surface area contributed by atoms with Crippen molar-refractivity contribution in [3.05, 3.63) is 131 Å². The first-order valence-electron chi connectivity index (χ1n) is 14.1. The highest BCUT2D eigenvalue weighted by Gasteiger charge is 2.50. The molecule has 0 radical (unpaired) electrons. The van der Waals surface area contributed by atoms with Gasteiger partial charge in [0, 0.05) is 22.2 Å². The molecule has 0 unspecified atom stereocenters. The zero-order valence-electron chi connectivity index (χ0n) is 23.4. The minimum absolute atomic E-state index is 0.139. The lowest BCUT2D eigenvalue weighted by Crippen LogP contribution is -2.49. The summed E-state index contributed by atoms with van der Waals surface area (Å²) in [5.41, 5.74) is 16.7. The minimum atomic E-state index is -1.58. The largest absolute Gasteiger partial charge is 0.399 e. The van der Waals surface area contributed by atoms with Crippen molar-refractivity contribution in [2.45, 2.75) is 61.0 Å². The van der Waals surface area contributed by atoms with E-state index in [1.165, 1.54) is 0 Å². The molecule has 4 aromatic rings. The second-order valence-corrected chi connectivity index (χ2v) is 12.7. The van der Waals surface area contributed by atoms with Crippen molar-refractivity contribution in [2.75, 3.05) is 11.5 Å². The number of hydrogen-bond donors (Lipinski definition) is 4. The van der Waals surface area contributed by atoms with Crippen molar-refractivity contribution in [3.8, 4) is 0 Å². The fourth-order valence-corrected chi connectivity index (χ4v) is 7.74. The van der Waals surface area contributed by atoms with Crippen LogP contribution in [0, 0.1) is 0 Å². The summed E-state index contributed by atoms with van der Waals surface area (Å²) in [5.74, 6) is 0. The number of nitrogen functional groups attached to an aromatic ring is 2. The summed E-state index contributed by atoms with van der Waals surface area (Å²) in [5, 5.41) is 22.1. The summed E-state index contributed by atoms with van der Waals surface area (Å²) in [7, 11) is -1.58. The van der Waals surface area contributed by atoms with E-state index in [9.17, 15) is 14.4 Å². The Kier molecular flexibility index (Phi) is 10.0. The number of ether oxygens (including phenoxy) is 2. The van der Waals surface area contributed by atoms with Gasteiger partial charge in [-0.1, -0.05) is 84.9 Å². The zero-order chi connectivity index (χ0) is 29.5. The van der Waals surface area contributed by atoms with Crippen molar-refractivity contribution in [1.82, 2.24) is 0 Å². The third kappa shape index (κ3) is 7.45. The van der Waals surface area contributed by atoms with Crippen molar-refractivity contribution >= 4 is 22.2 Å². The van der Waals surface area contributed by atoms with Gasteiger partial charge in [-0.05, 0) is 59.4 Å². The van der Waals surface area contributed by atoms with Crippen LogP contribution in [0.1, 0.15) is 22.3 Å². The molecule has 1 heterocycles. The van der Waals surface area contributed by atoms with Gasteiger partial charge in [-0.3, -0.25) is 4.21 Å². The number of benzene rings is 4. The molecule has 8 heteroatoms. The molecule has 6 atom stereocenters. The molecule has 220 valence electrons. The number of anilines is 2. The normalized spacial score (nSPS) is 26.0. The standard InChI is InChI=1S/C34H38N2O5S/c35-27-15-7-13-25(17-27)21-40-33-29(19-23-9-3-1-4-10-23)42(39)30(20-24-11-5-2-6-12-24)34(32(38)31(33)37)41-22-26-14-8-16-28(36)18-26/h1-18,29-34,37-38H,19-22,35-36H2/t29-,30-,31-,32-,33+,34+/m1/s1. The van der Waals surface area contributed by atoms with Crippen molar-refractivity contribution < 1.29 is 23.9 Å². The lowest BCUT2D eigenvalue weighted by molar-refractivity contribution is -0.139. The van der Waals surface area contributed by atoms with Gasteiger partial charge >= 0.3 is 0 Å². The fourth-order valence-electron chi connectivity index (χ4n) is 5.57. The number of rotatable bonds is 10. The van der Waals surface area contributed by atoms with E-state index in [1.54, 1.807) is 24.3 Å². The Balaban J connectivity index is 1.50. The van der Waals surface area contributed by atoms with E-state index < -0.39 is 45.7 Å². The van der Waals surface area contributed by atoms with Crippen LogP contribution in [0.5, 0.6) is 0 Å². The van der Waals surface area contributed by atoms with Gasteiger partial charge in [0.15, 0.2) is 0 Å². The van der Waals surface area contributed by atoms with Crippen LogP contribution >= 0.6 is 0 Å². The van der Waals surface area contributed by atoms with Gasteiger partial charge < -0.3 is 31.2 Å². The van der Waals surface area contributed by atoms with E-state index >= 15 is 0 Å². The summed E-state index contributed by atoms with van der Waals surface area (Å²) in [6.07, 6.45) is -3.77. The molecule has 0 bridgehead atoms. The topological polar surface area (TPSA) is 128 Å². The molecule has 0 saturated carbocycles. The Labute approximate surface area is 249 Å². The first-order valence-corrected chi connectivity index (χ1v) is 15.4. The number of aliphatic hydroxyl groups is 2. The predicted octanol–water partition coefficient (Wildman–Crippen LogP) is 4.03. The number of nitrogens with two attached hydrogens (primary N) is 2. The molecule has 0 aromatic heterocycles. The number of hydrogen-bond acceptors (Lipinski definition) is 7. The van der Waals surface area contributed by atoms with E-state index in [0.29, 0.717) is 24.2 Å². The number of aliphatic hydroxyl groups excluding tert-OH is 2. The highest BCUT2D eigenvalue weighted by molar-refractivity contribution is 7.86. The second-order valence-electron chi connectivity index (χ2n) is 10.8. The highest BCUT2D eigenvalue weighted by Crippen LogP contribution is 2.33. The Bertz CT molecular complexity index is 1350. The summed E-state index contributed by atoms with van der Waals surface area (Å²) < 4.78 is 27.4. The van der Waals surface area contributed by atoms with Crippen LogP contribution < -0.4 is 11.5 Å². The molecule has 1 aliphatic heterocycles. The molecule has 4 aromatic carbocycles. The van der Waals surface area contributed by atoms with Crippen LogP contribution in [-0.4, -0.2) is 49.3 Å². The molecule has 0 aliphatic carbocycles. The molecular weight excluding hydrogens is 548 g/mol. The van der Waals surface area contributed by atoms with Crippen LogP contribution in [0.25, 0.3) is 0 Å². The zero-order valence-corrected chi connectivity index (χ0v) is 24.2. The van der Waals surface area contributed by atoms with Crippen molar-refractivity contribution in [1.29, 1.82) is 0 Å². The molecule has 1 fully saturated rings.